The van der Waals surface area contributed by atoms with Gasteiger partial charge in [0.15, 0.2) is 0 Å². The van der Waals surface area contributed by atoms with E-state index in [9.17, 15) is 10.1 Å². The van der Waals surface area contributed by atoms with Gasteiger partial charge in [0.1, 0.15) is 5.76 Å². The van der Waals surface area contributed by atoms with Crippen LogP contribution in [0, 0.1) is 11.3 Å². The molecule has 1 aromatic heterocycles. The molecule has 24 heavy (non-hydrogen) atoms. The molecule has 3 rings (SSSR count). The van der Waals surface area contributed by atoms with Crippen LogP contribution < -0.4 is 0 Å². The fourth-order valence-corrected chi connectivity index (χ4v) is 4.42. The second-order valence-electron chi connectivity index (χ2n) is 5.61. The van der Waals surface area contributed by atoms with E-state index in [4.69, 9.17) is 9.15 Å². The molecule has 1 aromatic rings. The van der Waals surface area contributed by atoms with Crippen LogP contribution in [0.4, 0.5) is 0 Å². The minimum Gasteiger partial charge on any atom is -0.468 e. The Morgan fingerprint density at radius 3 is 3.00 bits per heavy atom. The van der Waals surface area contributed by atoms with Crippen molar-refractivity contribution >= 4 is 17.7 Å². The first kappa shape index (κ1) is 16.7. The second-order valence-corrected chi connectivity index (χ2v) is 6.69. The van der Waals surface area contributed by atoms with E-state index in [2.05, 4.69) is 17.9 Å². The molecule has 1 saturated heterocycles. The zero-order valence-electron chi connectivity index (χ0n) is 13.9. The minimum atomic E-state index is -0.484. The first-order chi connectivity index (χ1) is 11.7. The summed E-state index contributed by atoms with van der Waals surface area (Å²) in [7, 11) is 0. The molecule has 2 aliphatic heterocycles. The van der Waals surface area contributed by atoms with Gasteiger partial charge in [-0.15, -0.1) is 11.8 Å². The number of nitrogens with zero attached hydrogens (tertiary/aromatic N) is 2. The van der Waals surface area contributed by atoms with E-state index < -0.39 is 5.92 Å². The van der Waals surface area contributed by atoms with Crippen LogP contribution in [0.1, 0.15) is 38.4 Å². The van der Waals surface area contributed by atoms with Crippen LogP contribution in [-0.4, -0.2) is 29.8 Å². The Labute approximate surface area is 145 Å². The molecule has 0 aromatic carbocycles. The Balaban J connectivity index is 2.21. The molecule has 126 valence electrons. The summed E-state index contributed by atoms with van der Waals surface area (Å²) in [5, 5.41) is 10.7. The molecule has 2 aliphatic rings. The SMILES string of the molecule is CCCC1=C(C(=O)OCC)C(c2ccco2)C(C#N)=C2SCCN12. The van der Waals surface area contributed by atoms with E-state index in [1.54, 1.807) is 31.0 Å². The molecule has 0 saturated carbocycles. The fourth-order valence-electron chi connectivity index (χ4n) is 3.28. The number of ether oxygens (including phenoxy) is 1. The third kappa shape index (κ3) is 2.73. The molecule has 1 unspecified atom stereocenters. The highest BCUT2D eigenvalue weighted by Gasteiger charge is 2.42. The van der Waals surface area contributed by atoms with Crippen molar-refractivity contribution in [1.82, 2.24) is 4.90 Å². The predicted octanol–water partition coefficient (Wildman–Crippen LogP) is 3.78. The Morgan fingerprint density at radius 2 is 2.38 bits per heavy atom. The molecular weight excluding hydrogens is 324 g/mol. The van der Waals surface area contributed by atoms with Gasteiger partial charge >= 0.3 is 5.97 Å². The molecule has 5 nitrogen and oxygen atoms in total. The first-order valence-electron chi connectivity index (χ1n) is 8.21. The lowest BCUT2D eigenvalue weighted by atomic mass is 9.84. The summed E-state index contributed by atoms with van der Waals surface area (Å²) in [6, 6.07) is 5.92. The molecular formula is C18H20N2O3S. The average Bonchev–Trinajstić information content (AvgIpc) is 3.26. The van der Waals surface area contributed by atoms with Gasteiger partial charge in [-0.3, -0.25) is 0 Å². The number of rotatable bonds is 5. The molecule has 0 radical (unpaired) electrons. The van der Waals surface area contributed by atoms with Crippen LogP contribution in [-0.2, 0) is 9.53 Å². The summed E-state index contributed by atoms with van der Waals surface area (Å²) in [6.07, 6.45) is 3.26. The summed E-state index contributed by atoms with van der Waals surface area (Å²) in [5.41, 5.74) is 2.10. The first-order valence-corrected chi connectivity index (χ1v) is 9.19. The molecule has 6 heteroatoms. The smallest absolute Gasteiger partial charge is 0.336 e. The fraction of sp³-hybridized carbons (Fsp3) is 0.444. The largest absolute Gasteiger partial charge is 0.468 e. The molecule has 0 amide bonds. The monoisotopic (exact) mass is 344 g/mol. The number of fused-ring (bicyclic) bond motifs is 1. The van der Waals surface area contributed by atoms with Gasteiger partial charge in [0.25, 0.3) is 0 Å². The molecule has 3 heterocycles. The number of carbonyl (C=O) groups excluding carboxylic acids is 1. The van der Waals surface area contributed by atoms with Crippen molar-refractivity contribution in [1.29, 1.82) is 5.26 Å². The topological polar surface area (TPSA) is 66.5 Å². The lowest BCUT2D eigenvalue weighted by Gasteiger charge is -2.34. The van der Waals surface area contributed by atoms with Gasteiger partial charge in [0.05, 0.1) is 41.0 Å². The number of nitriles is 1. The quantitative estimate of drug-likeness (QED) is 0.757. The third-order valence-electron chi connectivity index (χ3n) is 4.17. The second kappa shape index (κ2) is 7.18. The molecule has 0 aliphatic carbocycles. The Hall–Kier alpha value is -2.13. The van der Waals surface area contributed by atoms with Crippen LogP contribution >= 0.6 is 11.8 Å². The van der Waals surface area contributed by atoms with E-state index in [1.807, 2.05) is 6.07 Å². The van der Waals surface area contributed by atoms with Gasteiger partial charge in [0.2, 0.25) is 0 Å². The highest BCUT2D eigenvalue weighted by Crippen LogP contribution is 2.48. The van der Waals surface area contributed by atoms with Gasteiger partial charge in [-0.05, 0) is 25.5 Å². The lowest BCUT2D eigenvalue weighted by Crippen LogP contribution is -2.31. The third-order valence-corrected chi connectivity index (χ3v) is 5.27. The number of thioether (sulfide) groups is 1. The molecule has 1 fully saturated rings. The molecule has 0 bridgehead atoms. The maximum absolute atomic E-state index is 12.8. The van der Waals surface area contributed by atoms with Gasteiger partial charge in [0, 0.05) is 18.0 Å². The van der Waals surface area contributed by atoms with Crippen LogP contribution in [0.15, 0.2) is 44.7 Å². The van der Waals surface area contributed by atoms with E-state index in [0.717, 1.165) is 35.9 Å². The van der Waals surface area contributed by atoms with Gasteiger partial charge < -0.3 is 14.1 Å². The zero-order chi connectivity index (χ0) is 17.1. The average molecular weight is 344 g/mol. The number of esters is 1. The number of furan rings is 1. The standard InChI is InChI=1S/C18H20N2O3S/c1-3-6-13-16(18(21)22-4-2)15(14-7-5-9-23-14)12(11-19)17-20(13)8-10-24-17/h5,7,9,15H,3-4,6,8,10H2,1-2H3. The van der Waals surface area contributed by atoms with Crippen molar-refractivity contribution in [2.45, 2.75) is 32.6 Å². The summed E-state index contributed by atoms with van der Waals surface area (Å²) in [4.78, 5) is 14.9. The van der Waals surface area contributed by atoms with Crippen LogP contribution in [0.2, 0.25) is 0 Å². The van der Waals surface area contributed by atoms with Gasteiger partial charge in [-0.2, -0.15) is 5.26 Å². The minimum absolute atomic E-state index is 0.305. The molecule has 1 atom stereocenters. The lowest BCUT2D eigenvalue weighted by molar-refractivity contribution is -0.139. The predicted molar refractivity (Wildman–Crippen MR) is 91.8 cm³/mol. The van der Waals surface area contributed by atoms with Crippen molar-refractivity contribution in [3.8, 4) is 6.07 Å². The Bertz CT molecular complexity index is 728. The number of allylic oxidation sites excluding steroid dienone is 2. The number of hydrogen-bond acceptors (Lipinski definition) is 6. The van der Waals surface area contributed by atoms with E-state index in [1.165, 1.54) is 0 Å². The summed E-state index contributed by atoms with van der Waals surface area (Å²) >= 11 is 1.67. The maximum Gasteiger partial charge on any atom is 0.336 e. The highest BCUT2D eigenvalue weighted by molar-refractivity contribution is 8.03. The number of carbonyl (C=O) groups is 1. The zero-order valence-corrected chi connectivity index (χ0v) is 14.7. The van der Waals surface area contributed by atoms with Gasteiger partial charge in [-0.25, -0.2) is 4.79 Å². The molecule has 0 N–H and O–H groups in total. The van der Waals surface area contributed by atoms with Crippen molar-refractivity contribution in [3.63, 3.8) is 0 Å². The van der Waals surface area contributed by atoms with Crippen molar-refractivity contribution < 1.29 is 13.9 Å². The summed E-state index contributed by atoms with van der Waals surface area (Å²) in [6.45, 7) is 5.00. The van der Waals surface area contributed by atoms with Crippen molar-refractivity contribution in [3.05, 3.63) is 46.0 Å². The molecule has 0 spiro atoms. The van der Waals surface area contributed by atoms with Crippen LogP contribution in [0.25, 0.3) is 0 Å². The van der Waals surface area contributed by atoms with E-state index in [-0.39, 0.29) is 5.97 Å². The normalized spacial score (nSPS) is 20.2. The van der Waals surface area contributed by atoms with E-state index >= 15 is 0 Å². The van der Waals surface area contributed by atoms with E-state index in [0.29, 0.717) is 23.5 Å². The van der Waals surface area contributed by atoms with Crippen LogP contribution in [0.3, 0.4) is 0 Å². The van der Waals surface area contributed by atoms with Gasteiger partial charge in [-0.1, -0.05) is 13.3 Å². The maximum atomic E-state index is 12.8. The van der Waals surface area contributed by atoms with Crippen molar-refractivity contribution in [2.24, 2.45) is 0 Å². The summed E-state index contributed by atoms with van der Waals surface area (Å²) in [5.74, 6) is 0.686. The Morgan fingerprint density at radius 1 is 1.54 bits per heavy atom. The van der Waals surface area contributed by atoms with Crippen LogP contribution in [0.5, 0.6) is 0 Å². The van der Waals surface area contributed by atoms with Crippen molar-refractivity contribution in [2.75, 3.05) is 18.9 Å². The highest BCUT2D eigenvalue weighted by atomic mass is 32.2. The number of hydrogen-bond donors (Lipinski definition) is 0. The Kier molecular flexibility index (Phi) is 5.00. The summed E-state index contributed by atoms with van der Waals surface area (Å²) < 4.78 is 10.9.